The van der Waals surface area contributed by atoms with Gasteiger partial charge in [-0.1, -0.05) is 11.6 Å². The second kappa shape index (κ2) is 8.28. The van der Waals surface area contributed by atoms with Crippen molar-refractivity contribution in [3.63, 3.8) is 0 Å². The lowest BCUT2D eigenvalue weighted by Crippen LogP contribution is -2.20. The molecule has 0 aliphatic heterocycles. The van der Waals surface area contributed by atoms with E-state index in [1.165, 1.54) is 0 Å². The second-order valence-electron chi connectivity index (χ2n) is 3.32. The summed E-state index contributed by atoms with van der Waals surface area (Å²) in [7, 11) is 0. The quantitative estimate of drug-likeness (QED) is 0.673. The van der Waals surface area contributed by atoms with Crippen molar-refractivity contribution in [2.24, 2.45) is 0 Å². The normalized spacial score (nSPS) is 10.8. The van der Waals surface area contributed by atoms with Gasteiger partial charge in [-0.25, -0.2) is 0 Å². The van der Waals surface area contributed by atoms with Crippen molar-refractivity contribution in [2.45, 2.75) is 26.6 Å². The van der Waals surface area contributed by atoms with E-state index in [4.69, 9.17) is 25.8 Å². The van der Waals surface area contributed by atoms with Crippen LogP contribution in [0.1, 0.15) is 20.3 Å². The van der Waals surface area contributed by atoms with Crippen molar-refractivity contribution < 1.29 is 14.2 Å². The van der Waals surface area contributed by atoms with Crippen LogP contribution in [0.15, 0.2) is 18.5 Å². The molecule has 0 aliphatic carbocycles. The Morgan fingerprint density at radius 3 is 2.53 bits per heavy atom. The van der Waals surface area contributed by atoms with Gasteiger partial charge in [0.2, 0.25) is 0 Å². The van der Waals surface area contributed by atoms with Crippen molar-refractivity contribution in [2.75, 3.05) is 19.8 Å². The molecular formula is C12H18ClNO3. The van der Waals surface area contributed by atoms with Crippen LogP contribution < -0.4 is 4.74 Å². The van der Waals surface area contributed by atoms with Gasteiger partial charge in [0.1, 0.15) is 5.75 Å². The maximum Gasteiger partial charge on any atom is 0.160 e. The molecule has 5 heteroatoms. The molecule has 0 unspecified atom stereocenters. The maximum absolute atomic E-state index is 5.79. The maximum atomic E-state index is 5.79. The number of halogens is 1. The van der Waals surface area contributed by atoms with Gasteiger partial charge in [-0.3, -0.25) is 4.98 Å². The number of hydrogen-bond donors (Lipinski definition) is 0. The highest BCUT2D eigenvalue weighted by Crippen LogP contribution is 2.15. The van der Waals surface area contributed by atoms with Gasteiger partial charge >= 0.3 is 0 Å². The summed E-state index contributed by atoms with van der Waals surface area (Å²) in [5.41, 5.74) is 0. The summed E-state index contributed by atoms with van der Waals surface area (Å²) in [5.74, 6) is 0.657. The lowest BCUT2D eigenvalue weighted by molar-refractivity contribution is -0.142. The topological polar surface area (TPSA) is 40.6 Å². The van der Waals surface area contributed by atoms with E-state index in [1.54, 1.807) is 18.5 Å². The van der Waals surface area contributed by atoms with Crippen LogP contribution in [0.3, 0.4) is 0 Å². The van der Waals surface area contributed by atoms with Crippen molar-refractivity contribution in [3.05, 3.63) is 23.5 Å². The zero-order valence-electron chi connectivity index (χ0n) is 10.2. The van der Waals surface area contributed by atoms with Crippen molar-refractivity contribution >= 4 is 11.6 Å². The Morgan fingerprint density at radius 2 is 1.94 bits per heavy atom. The van der Waals surface area contributed by atoms with E-state index in [1.807, 2.05) is 13.8 Å². The van der Waals surface area contributed by atoms with Gasteiger partial charge in [-0.2, -0.15) is 0 Å². The minimum Gasteiger partial charge on any atom is -0.492 e. The summed E-state index contributed by atoms with van der Waals surface area (Å²) in [6, 6.07) is 1.73. The van der Waals surface area contributed by atoms with Crippen LogP contribution in [0.25, 0.3) is 0 Å². The molecular weight excluding hydrogens is 242 g/mol. The number of aromatic nitrogens is 1. The number of rotatable bonds is 8. The van der Waals surface area contributed by atoms with Crippen LogP contribution in [0.5, 0.6) is 5.75 Å². The number of nitrogens with zero attached hydrogens (tertiary/aromatic N) is 1. The van der Waals surface area contributed by atoms with Gasteiger partial charge in [-0.05, 0) is 13.8 Å². The molecule has 1 aromatic rings. The van der Waals surface area contributed by atoms with E-state index in [9.17, 15) is 0 Å². The summed E-state index contributed by atoms with van der Waals surface area (Å²) in [5, 5.41) is 0.564. The lowest BCUT2D eigenvalue weighted by atomic mass is 10.4. The first-order chi connectivity index (χ1) is 8.26. The van der Waals surface area contributed by atoms with Crippen LogP contribution >= 0.6 is 11.6 Å². The SMILES string of the molecule is CCOC(CCOc1cncc(Cl)c1)OCC. The standard InChI is InChI=1S/C12H18ClNO3/c1-3-15-12(16-4-2)5-6-17-11-7-10(13)8-14-9-11/h7-9,12H,3-6H2,1-2H3. The molecule has 4 nitrogen and oxygen atoms in total. The summed E-state index contributed by atoms with van der Waals surface area (Å²) >= 11 is 5.79. The highest BCUT2D eigenvalue weighted by atomic mass is 35.5. The van der Waals surface area contributed by atoms with E-state index >= 15 is 0 Å². The molecule has 0 spiro atoms. The molecule has 0 bridgehead atoms. The summed E-state index contributed by atoms with van der Waals surface area (Å²) in [6.07, 6.45) is 3.66. The molecule has 0 fully saturated rings. The highest BCUT2D eigenvalue weighted by molar-refractivity contribution is 6.30. The molecule has 1 rings (SSSR count). The molecule has 0 saturated heterocycles. The van der Waals surface area contributed by atoms with Gasteiger partial charge < -0.3 is 14.2 Å². The summed E-state index contributed by atoms with van der Waals surface area (Å²) < 4.78 is 16.3. The van der Waals surface area contributed by atoms with Crippen LogP contribution in [-0.4, -0.2) is 31.1 Å². The average Bonchev–Trinajstić information content (AvgIpc) is 2.30. The number of pyridine rings is 1. The van der Waals surface area contributed by atoms with Crippen molar-refractivity contribution in [1.82, 2.24) is 4.98 Å². The van der Waals surface area contributed by atoms with Gasteiger partial charge in [-0.15, -0.1) is 0 Å². The minimum absolute atomic E-state index is 0.211. The Labute approximate surface area is 107 Å². The van der Waals surface area contributed by atoms with E-state index in [2.05, 4.69) is 4.98 Å². The first-order valence-corrected chi connectivity index (χ1v) is 6.10. The third-order valence-electron chi connectivity index (χ3n) is 2.01. The highest BCUT2D eigenvalue weighted by Gasteiger charge is 2.07. The third kappa shape index (κ3) is 5.86. The third-order valence-corrected chi connectivity index (χ3v) is 2.21. The largest absolute Gasteiger partial charge is 0.492 e. The smallest absolute Gasteiger partial charge is 0.160 e. The van der Waals surface area contributed by atoms with Crippen LogP contribution in [-0.2, 0) is 9.47 Å². The zero-order chi connectivity index (χ0) is 12.5. The first kappa shape index (κ1) is 14.2. The molecule has 0 saturated carbocycles. The van der Waals surface area contributed by atoms with Gasteiger partial charge in [0.05, 0.1) is 17.8 Å². The lowest BCUT2D eigenvalue weighted by Gasteiger charge is -2.16. The van der Waals surface area contributed by atoms with Gasteiger partial charge in [0, 0.05) is 31.9 Å². The predicted octanol–water partition coefficient (Wildman–Crippen LogP) is 2.90. The van der Waals surface area contributed by atoms with Crippen LogP contribution in [0.2, 0.25) is 5.02 Å². The second-order valence-corrected chi connectivity index (χ2v) is 3.75. The van der Waals surface area contributed by atoms with Crippen LogP contribution in [0, 0.1) is 0 Å². The fourth-order valence-electron chi connectivity index (χ4n) is 1.33. The van der Waals surface area contributed by atoms with Crippen molar-refractivity contribution in [1.29, 1.82) is 0 Å². The Hall–Kier alpha value is -0.840. The molecule has 0 N–H and O–H groups in total. The molecule has 0 aromatic carbocycles. The summed E-state index contributed by atoms with van der Waals surface area (Å²) in [6.45, 7) is 5.64. The Balaban J connectivity index is 2.30. The minimum atomic E-state index is -0.211. The van der Waals surface area contributed by atoms with E-state index in [0.29, 0.717) is 37.0 Å². The Bertz CT molecular complexity index is 316. The van der Waals surface area contributed by atoms with E-state index in [-0.39, 0.29) is 6.29 Å². The van der Waals surface area contributed by atoms with Crippen LogP contribution in [0.4, 0.5) is 0 Å². The van der Waals surface area contributed by atoms with Crippen molar-refractivity contribution in [3.8, 4) is 5.75 Å². The molecule has 0 aliphatic rings. The average molecular weight is 260 g/mol. The number of ether oxygens (including phenoxy) is 3. The Kier molecular flexibility index (Phi) is 6.93. The fourth-order valence-corrected chi connectivity index (χ4v) is 1.49. The van der Waals surface area contributed by atoms with Gasteiger partial charge in [0.25, 0.3) is 0 Å². The van der Waals surface area contributed by atoms with Gasteiger partial charge in [0.15, 0.2) is 6.29 Å². The molecule has 17 heavy (non-hydrogen) atoms. The molecule has 0 radical (unpaired) electrons. The molecule has 1 aromatic heterocycles. The van der Waals surface area contributed by atoms with E-state index in [0.717, 1.165) is 0 Å². The Morgan fingerprint density at radius 1 is 1.24 bits per heavy atom. The molecule has 0 amide bonds. The zero-order valence-corrected chi connectivity index (χ0v) is 10.9. The summed E-state index contributed by atoms with van der Waals surface area (Å²) in [4.78, 5) is 3.94. The van der Waals surface area contributed by atoms with E-state index < -0.39 is 0 Å². The first-order valence-electron chi connectivity index (χ1n) is 5.72. The fraction of sp³-hybridized carbons (Fsp3) is 0.583. The molecule has 1 heterocycles. The molecule has 0 atom stereocenters. The predicted molar refractivity (Wildman–Crippen MR) is 66.4 cm³/mol. The molecule has 96 valence electrons. The number of hydrogen-bond acceptors (Lipinski definition) is 4. The monoisotopic (exact) mass is 259 g/mol.